The van der Waals surface area contributed by atoms with E-state index in [1.165, 1.54) is 11.0 Å². The number of nitrogens with one attached hydrogen (secondary N) is 1. The van der Waals surface area contributed by atoms with Gasteiger partial charge < -0.3 is 15.1 Å². The zero-order valence-electron chi connectivity index (χ0n) is 17.5. The van der Waals surface area contributed by atoms with Gasteiger partial charge in [-0.05, 0) is 40.3 Å². The van der Waals surface area contributed by atoms with Crippen molar-refractivity contribution in [1.29, 1.82) is 0 Å². The summed E-state index contributed by atoms with van der Waals surface area (Å²) >= 11 is 5.96. The quantitative estimate of drug-likeness (QED) is 0.583. The molecule has 1 fully saturated rings. The molecule has 1 atom stereocenters. The maximum Gasteiger partial charge on any atom is 0.245 e. The molecule has 0 radical (unpaired) electrons. The number of carbonyl (C=O) groups excluding carboxylic acids is 2. The summed E-state index contributed by atoms with van der Waals surface area (Å²) in [5.74, 6) is -0.404. The Kier molecular flexibility index (Phi) is 6.96. The molecule has 2 heterocycles. The first kappa shape index (κ1) is 21.8. The van der Waals surface area contributed by atoms with Crippen LogP contribution in [0.25, 0.3) is 0 Å². The normalized spacial score (nSPS) is 14.8. The maximum atomic E-state index is 12.9. The van der Waals surface area contributed by atoms with Gasteiger partial charge in [-0.1, -0.05) is 41.9 Å². The Bertz CT molecular complexity index is 1020. The van der Waals surface area contributed by atoms with E-state index in [0.717, 1.165) is 24.3 Å². The van der Waals surface area contributed by atoms with Gasteiger partial charge >= 0.3 is 0 Å². The summed E-state index contributed by atoms with van der Waals surface area (Å²) in [5, 5.41) is 14.6. The Balaban J connectivity index is 1.30. The number of benzene rings is 2. The van der Waals surface area contributed by atoms with Crippen LogP contribution in [0, 0.1) is 0 Å². The summed E-state index contributed by atoms with van der Waals surface area (Å²) in [6.07, 6.45) is 1.83. The lowest BCUT2D eigenvalue weighted by molar-refractivity contribution is -0.134. The summed E-state index contributed by atoms with van der Waals surface area (Å²) in [6.45, 7) is 2.58. The Morgan fingerprint density at radius 3 is 2.38 bits per heavy atom. The second-order valence-corrected chi connectivity index (χ2v) is 7.99. The number of piperazine rings is 1. The van der Waals surface area contributed by atoms with Crippen LogP contribution < -0.4 is 10.2 Å². The first-order chi connectivity index (χ1) is 15.6. The van der Waals surface area contributed by atoms with Crippen LogP contribution in [0.3, 0.4) is 0 Å². The molecule has 1 N–H and O–H groups in total. The Hall–Kier alpha value is -3.46. The smallest absolute Gasteiger partial charge is 0.245 e. The fourth-order valence-corrected chi connectivity index (χ4v) is 3.84. The predicted octanol–water partition coefficient (Wildman–Crippen LogP) is 1.58. The van der Waals surface area contributed by atoms with E-state index in [1.54, 1.807) is 4.90 Å². The van der Waals surface area contributed by atoms with Gasteiger partial charge in [0.15, 0.2) is 0 Å². The number of amides is 2. The van der Waals surface area contributed by atoms with Crippen molar-refractivity contribution < 1.29 is 9.59 Å². The molecule has 1 saturated heterocycles. The molecule has 1 aliphatic heterocycles. The van der Waals surface area contributed by atoms with E-state index in [9.17, 15) is 9.59 Å². The summed E-state index contributed by atoms with van der Waals surface area (Å²) in [6, 6.07) is 16.7. The summed E-state index contributed by atoms with van der Waals surface area (Å²) in [5.41, 5.74) is 2.06. The van der Waals surface area contributed by atoms with E-state index in [4.69, 9.17) is 11.6 Å². The molecule has 0 saturated carbocycles. The van der Waals surface area contributed by atoms with E-state index in [1.807, 2.05) is 54.6 Å². The van der Waals surface area contributed by atoms with Gasteiger partial charge in [-0.3, -0.25) is 9.59 Å². The van der Waals surface area contributed by atoms with Crippen LogP contribution in [0.1, 0.15) is 11.6 Å². The topological polar surface area (TPSA) is 96.2 Å². The zero-order chi connectivity index (χ0) is 22.3. The largest absolute Gasteiger partial charge is 0.368 e. The summed E-state index contributed by atoms with van der Waals surface area (Å²) in [4.78, 5) is 29.6. The molecule has 9 nitrogen and oxygen atoms in total. The molecule has 10 heteroatoms. The number of hydrogen-bond donors (Lipinski definition) is 1. The number of anilines is 1. The second kappa shape index (κ2) is 10.2. The molecule has 3 aromatic rings. The van der Waals surface area contributed by atoms with Crippen LogP contribution in [0.5, 0.6) is 0 Å². The highest BCUT2D eigenvalue weighted by Gasteiger charge is 2.25. The monoisotopic (exact) mass is 453 g/mol. The minimum atomic E-state index is -0.637. The second-order valence-electron chi connectivity index (χ2n) is 7.56. The van der Waals surface area contributed by atoms with Gasteiger partial charge in [0.2, 0.25) is 11.8 Å². The summed E-state index contributed by atoms with van der Waals surface area (Å²) < 4.78 is 1.41. The van der Waals surface area contributed by atoms with E-state index >= 15 is 0 Å². The van der Waals surface area contributed by atoms with Gasteiger partial charge in [0.05, 0.1) is 6.54 Å². The lowest BCUT2D eigenvalue weighted by atomic mass is 10.1. The van der Waals surface area contributed by atoms with E-state index in [2.05, 4.69) is 25.7 Å². The van der Waals surface area contributed by atoms with E-state index < -0.39 is 6.04 Å². The van der Waals surface area contributed by atoms with Crippen molar-refractivity contribution in [3.05, 3.63) is 71.5 Å². The van der Waals surface area contributed by atoms with Crippen LogP contribution in [0.2, 0.25) is 5.02 Å². The van der Waals surface area contributed by atoms with Crippen molar-refractivity contribution in [3.8, 4) is 0 Å². The number of nitrogens with zero attached hydrogens (tertiary/aromatic N) is 6. The third-order valence-electron chi connectivity index (χ3n) is 5.50. The molecule has 1 unspecified atom stereocenters. The van der Waals surface area contributed by atoms with Gasteiger partial charge in [0, 0.05) is 43.3 Å². The fraction of sp³-hybridized carbons (Fsp3) is 0.318. The number of rotatable bonds is 7. The molecule has 1 aromatic heterocycles. The highest BCUT2D eigenvalue weighted by molar-refractivity contribution is 6.30. The highest BCUT2D eigenvalue weighted by atomic mass is 35.5. The van der Waals surface area contributed by atoms with Gasteiger partial charge in [-0.25, -0.2) is 4.68 Å². The van der Waals surface area contributed by atoms with Crippen molar-refractivity contribution >= 4 is 29.1 Å². The molecule has 2 aromatic carbocycles. The third-order valence-corrected chi connectivity index (χ3v) is 5.75. The SMILES string of the molecule is O=C(NCC(=O)N1CCN(c2ccc(Cl)cc2)CC1)C(Cc1ccccc1)n1cnnn1. The van der Waals surface area contributed by atoms with Crippen LogP contribution in [0.15, 0.2) is 60.9 Å². The molecule has 32 heavy (non-hydrogen) atoms. The van der Waals surface area contributed by atoms with Gasteiger partial charge in [-0.15, -0.1) is 5.10 Å². The lowest BCUT2D eigenvalue weighted by Crippen LogP contribution is -2.51. The fourth-order valence-electron chi connectivity index (χ4n) is 3.71. The first-order valence-electron chi connectivity index (χ1n) is 10.4. The minimum absolute atomic E-state index is 0.0623. The number of halogens is 1. The molecule has 0 bridgehead atoms. The van der Waals surface area contributed by atoms with Crippen molar-refractivity contribution in [1.82, 2.24) is 30.4 Å². The molecular formula is C22H24ClN7O2. The average Bonchev–Trinajstić information content (AvgIpc) is 3.37. The van der Waals surface area contributed by atoms with Crippen molar-refractivity contribution in [2.45, 2.75) is 12.5 Å². The standard InChI is InChI=1S/C22H24ClN7O2/c23-18-6-8-19(9-7-18)28-10-12-29(13-11-28)21(31)15-24-22(32)20(30-16-25-26-27-30)14-17-4-2-1-3-5-17/h1-9,16,20H,10-15H2,(H,24,32). The molecule has 4 rings (SSSR count). The third kappa shape index (κ3) is 5.42. The highest BCUT2D eigenvalue weighted by Crippen LogP contribution is 2.19. The Morgan fingerprint density at radius 2 is 1.72 bits per heavy atom. The zero-order valence-corrected chi connectivity index (χ0v) is 18.2. The number of hydrogen-bond acceptors (Lipinski definition) is 6. The Labute approximate surface area is 191 Å². The molecule has 2 amide bonds. The molecular weight excluding hydrogens is 430 g/mol. The summed E-state index contributed by atoms with van der Waals surface area (Å²) in [7, 11) is 0. The number of aromatic nitrogens is 4. The van der Waals surface area contributed by atoms with Gasteiger partial charge in [0.1, 0.15) is 12.4 Å². The first-order valence-corrected chi connectivity index (χ1v) is 10.8. The van der Waals surface area contributed by atoms with E-state index in [0.29, 0.717) is 24.5 Å². The number of tetrazole rings is 1. The maximum absolute atomic E-state index is 12.9. The van der Waals surface area contributed by atoms with Crippen molar-refractivity contribution in [2.75, 3.05) is 37.6 Å². The molecule has 0 aliphatic carbocycles. The average molecular weight is 454 g/mol. The molecule has 166 valence electrons. The van der Waals surface area contributed by atoms with Crippen LogP contribution in [-0.4, -0.2) is 69.6 Å². The van der Waals surface area contributed by atoms with Crippen LogP contribution in [0.4, 0.5) is 5.69 Å². The molecule has 0 spiro atoms. The lowest BCUT2D eigenvalue weighted by Gasteiger charge is -2.36. The van der Waals surface area contributed by atoms with Gasteiger partial charge in [0.25, 0.3) is 0 Å². The Morgan fingerprint density at radius 1 is 1.00 bits per heavy atom. The van der Waals surface area contributed by atoms with Crippen LogP contribution >= 0.6 is 11.6 Å². The van der Waals surface area contributed by atoms with Crippen LogP contribution in [-0.2, 0) is 16.0 Å². The minimum Gasteiger partial charge on any atom is -0.368 e. The van der Waals surface area contributed by atoms with E-state index in [-0.39, 0.29) is 18.4 Å². The van der Waals surface area contributed by atoms with Crippen molar-refractivity contribution in [2.24, 2.45) is 0 Å². The van der Waals surface area contributed by atoms with Crippen molar-refractivity contribution in [3.63, 3.8) is 0 Å². The van der Waals surface area contributed by atoms with Gasteiger partial charge in [-0.2, -0.15) is 0 Å². The predicted molar refractivity (Wildman–Crippen MR) is 120 cm³/mol. The number of carbonyl (C=O) groups is 2. The molecule has 1 aliphatic rings.